The summed E-state index contributed by atoms with van der Waals surface area (Å²) >= 11 is 1.65. The van der Waals surface area contributed by atoms with Crippen LogP contribution in [0.1, 0.15) is 20.8 Å². The summed E-state index contributed by atoms with van der Waals surface area (Å²) in [6, 6.07) is 10.1. The second-order valence-corrected chi connectivity index (χ2v) is 6.39. The molecule has 1 aliphatic heterocycles. The van der Waals surface area contributed by atoms with Gasteiger partial charge in [0.15, 0.2) is 0 Å². The van der Waals surface area contributed by atoms with Gasteiger partial charge in [-0.15, -0.1) is 16.4 Å². The second-order valence-electron chi connectivity index (χ2n) is 5.39. The van der Waals surface area contributed by atoms with E-state index in [2.05, 4.69) is 10.3 Å². The van der Waals surface area contributed by atoms with Crippen LogP contribution in [-0.2, 0) is 20.1 Å². The Bertz CT molecular complexity index is 834. The topological polar surface area (TPSA) is 51.0 Å². The van der Waals surface area contributed by atoms with Crippen LogP contribution in [0.5, 0.6) is 0 Å². The average Bonchev–Trinajstić information content (AvgIpc) is 3.20. The summed E-state index contributed by atoms with van der Waals surface area (Å²) in [7, 11) is 1.85. The highest BCUT2D eigenvalue weighted by molar-refractivity contribution is 7.10. The fourth-order valence-electron chi connectivity index (χ4n) is 2.68. The maximum atomic E-state index is 12.3. The molecule has 0 aliphatic carbocycles. The van der Waals surface area contributed by atoms with Crippen LogP contribution in [0.2, 0.25) is 0 Å². The number of aromatic nitrogens is 3. The number of hydrogen-bond acceptors (Lipinski definition) is 4. The van der Waals surface area contributed by atoms with E-state index < -0.39 is 0 Å². The summed E-state index contributed by atoms with van der Waals surface area (Å²) < 4.78 is 1.69. The highest BCUT2D eigenvalue weighted by Gasteiger charge is 2.28. The maximum absolute atomic E-state index is 12.3. The van der Waals surface area contributed by atoms with Gasteiger partial charge in [0.05, 0.1) is 18.3 Å². The Hall–Kier alpha value is -2.47. The molecule has 3 heterocycles. The lowest BCUT2D eigenvalue weighted by Crippen LogP contribution is -2.23. The van der Waals surface area contributed by atoms with Gasteiger partial charge < -0.3 is 4.90 Å². The molecule has 0 saturated carbocycles. The molecule has 1 aromatic carbocycles. The van der Waals surface area contributed by atoms with Crippen molar-refractivity contribution in [3.8, 4) is 11.3 Å². The number of benzene rings is 1. The number of rotatable bonds is 3. The van der Waals surface area contributed by atoms with Crippen LogP contribution in [-0.4, -0.2) is 25.8 Å². The van der Waals surface area contributed by atoms with Gasteiger partial charge in [0.1, 0.15) is 5.69 Å². The van der Waals surface area contributed by atoms with Crippen molar-refractivity contribution in [1.29, 1.82) is 0 Å². The molecule has 0 unspecified atom stereocenters. The van der Waals surface area contributed by atoms with Crippen molar-refractivity contribution >= 4 is 17.2 Å². The number of carbonyl (C=O) groups is 1. The fourth-order valence-corrected chi connectivity index (χ4v) is 3.56. The van der Waals surface area contributed by atoms with Crippen molar-refractivity contribution in [3.05, 3.63) is 57.9 Å². The molecule has 0 radical (unpaired) electrons. The molecule has 0 fully saturated rings. The van der Waals surface area contributed by atoms with Gasteiger partial charge in [-0.05, 0) is 17.0 Å². The third-order valence-electron chi connectivity index (χ3n) is 3.82. The quantitative estimate of drug-likeness (QED) is 0.747. The maximum Gasteiger partial charge on any atom is 0.255 e. The van der Waals surface area contributed by atoms with Gasteiger partial charge in [0, 0.05) is 24.0 Å². The van der Waals surface area contributed by atoms with Crippen molar-refractivity contribution < 1.29 is 4.79 Å². The highest BCUT2D eigenvalue weighted by Crippen LogP contribution is 2.29. The largest absolute Gasteiger partial charge is 0.329 e. The first-order chi connectivity index (χ1) is 10.7. The molecule has 5 nitrogen and oxygen atoms in total. The molecule has 1 amide bonds. The summed E-state index contributed by atoms with van der Waals surface area (Å²) in [5.41, 5.74) is 3.87. The van der Waals surface area contributed by atoms with E-state index >= 15 is 0 Å². The Labute approximate surface area is 131 Å². The van der Waals surface area contributed by atoms with Gasteiger partial charge >= 0.3 is 0 Å². The van der Waals surface area contributed by atoms with Crippen LogP contribution in [0.3, 0.4) is 0 Å². The molecule has 22 heavy (non-hydrogen) atoms. The zero-order valence-electron chi connectivity index (χ0n) is 12.1. The molecule has 0 bridgehead atoms. The van der Waals surface area contributed by atoms with E-state index in [9.17, 15) is 4.79 Å². The smallest absolute Gasteiger partial charge is 0.255 e. The van der Waals surface area contributed by atoms with Crippen molar-refractivity contribution in [3.63, 3.8) is 0 Å². The van der Waals surface area contributed by atoms with Gasteiger partial charge in [-0.3, -0.25) is 9.48 Å². The lowest BCUT2D eigenvalue weighted by molar-refractivity contribution is 0.0767. The van der Waals surface area contributed by atoms with Crippen molar-refractivity contribution in [2.75, 3.05) is 0 Å². The Morgan fingerprint density at radius 3 is 2.73 bits per heavy atom. The molecule has 0 saturated heterocycles. The molecule has 1 aliphatic rings. The average molecular weight is 310 g/mol. The Kier molecular flexibility index (Phi) is 3.04. The van der Waals surface area contributed by atoms with Crippen molar-refractivity contribution in [2.24, 2.45) is 7.05 Å². The van der Waals surface area contributed by atoms with Crippen LogP contribution in [0.15, 0.2) is 41.9 Å². The van der Waals surface area contributed by atoms with Gasteiger partial charge in [-0.1, -0.05) is 29.5 Å². The molecular weight excluding hydrogens is 296 g/mol. The summed E-state index contributed by atoms with van der Waals surface area (Å²) in [5.74, 6) is 0.134. The molecule has 0 N–H and O–H groups in total. The lowest BCUT2D eigenvalue weighted by Gasteiger charge is -2.15. The summed E-state index contributed by atoms with van der Waals surface area (Å²) in [5, 5.41) is 10.0. The van der Waals surface area contributed by atoms with Crippen LogP contribution >= 0.6 is 11.3 Å². The van der Waals surface area contributed by atoms with Gasteiger partial charge in [-0.25, -0.2) is 0 Å². The van der Waals surface area contributed by atoms with E-state index in [0.29, 0.717) is 6.54 Å². The van der Waals surface area contributed by atoms with Gasteiger partial charge in [-0.2, -0.15) is 0 Å². The van der Waals surface area contributed by atoms with E-state index in [1.165, 1.54) is 4.88 Å². The van der Waals surface area contributed by atoms with Gasteiger partial charge in [0.2, 0.25) is 0 Å². The molecule has 0 spiro atoms. The Morgan fingerprint density at radius 1 is 1.23 bits per heavy atom. The summed E-state index contributed by atoms with van der Waals surface area (Å²) in [6.07, 6.45) is 1.89. The van der Waals surface area contributed by atoms with E-state index in [1.54, 1.807) is 16.0 Å². The molecule has 4 rings (SSSR count). The minimum Gasteiger partial charge on any atom is -0.329 e. The normalized spacial score (nSPS) is 13.7. The highest BCUT2D eigenvalue weighted by atomic mass is 32.1. The third kappa shape index (κ3) is 2.21. The molecule has 6 heteroatoms. The minimum absolute atomic E-state index is 0.134. The molecule has 110 valence electrons. The van der Waals surface area contributed by atoms with E-state index in [0.717, 1.165) is 28.9 Å². The number of nitrogens with zero attached hydrogens (tertiary/aromatic N) is 4. The number of fused-ring (bicyclic) bond motifs is 1. The Balaban J connectivity index is 1.50. The predicted octanol–water partition coefficient (Wildman–Crippen LogP) is 2.70. The van der Waals surface area contributed by atoms with E-state index in [1.807, 2.05) is 53.9 Å². The molecular formula is C16H14N4OS. The first-order valence-electron chi connectivity index (χ1n) is 7.02. The standard InChI is InChI=1S/C16H14N4OS/c1-19-9-14(17-18-19)12-4-2-11(3-5-12)8-20-10-15-13(16(20)21)6-7-22-15/h2-7,9H,8,10H2,1H3. The van der Waals surface area contributed by atoms with E-state index in [4.69, 9.17) is 0 Å². The number of thiophene rings is 1. The number of amides is 1. The zero-order chi connectivity index (χ0) is 15.1. The SMILES string of the molecule is Cn1cc(-c2ccc(CN3Cc4sccc4C3=O)cc2)nn1. The first kappa shape index (κ1) is 13.2. The third-order valence-corrected chi connectivity index (χ3v) is 4.73. The van der Waals surface area contributed by atoms with Crippen molar-refractivity contribution in [2.45, 2.75) is 13.1 Å². The number of aryl methyl sites for hydroxylation is 1. The van der Waals surface area contributed by atoms with Crippen LogP contribution in [0, 0.1) is 0 Å². The summed E-state index contributed by atoms with van der Waals surface area (Å²) in [4.78, 5) is 15.3. The van der Waals surface area contributed by atoms with Gasteiger partial charge in [0.25, 0.3) is 5.91 Å². The van der Waals surface area contributed by atoms with Crippen molar-refractivity contribution in [1.82, 2.24) is 19.9 Å². The monoisotopic (exact) mass is 310 g/mol. The molecule has 0 atom stereocenters. The molecule has 2 aromatic heterocycles. The first-order valence-corrected chi connectivity index (χ1v) is 7.90. The summed E-state index contributed by atoms with van der Waals surface area (Å²) in [6.45, 7) is 1.36. The number of carbonyl (C=O) groups excluding carboxylic acids is 1. The minimum atomic E-state index is 0.134. The fraction of sp³-hybridized carbons (Fsp3) is 0.188. The molecule has 3 aromatic rings. The van der Waals surface area contributed by atoms with Crippen LogP contribution in [0.4, 0.5) is 0 Å². The second kappa shape index (κ2) is 5.06. The van der Waals surface area contributed by atoms with Crippen LogP contribution in [0.25, 0.3) is 11.3 Å². The lowest BCUT2D eigenvalue weighted by atomic mass is 10.1. The predicted molar refractivity (Wildman–Crippen MR) is 84.3 cm³/mol. The number of hydrogen-bond donors (Lipinski definition) is 0. The van der Waals surface area contributed by atoms with Crippen LogP contribution < -0.4 is 0 Å². The zero-order valence-corrected chi connectivity index (χ0v) is 12.9. The van der Waals surface area contributed by atoms with E-state index in [-0.39, 0.29) is 5.91 Å². The Morgan fingerprint density at radius 2 is 2.05 bits per heavy atom.